The lowest BCUT2D eigenvalue weighted by Crippen LogP contribution is -2.45. The van der Waals surface area contributed by atoms with E-state index in [-0.39, 0.29) is 35.6 Å². The Morgan fingerprint density at radius 2 is 2.00 bits per heavy atom. The third-order valence-electron chi connectivity index (χ3n) is 4.46. The normalized spacial score (nSPS) is 37.8. The van der Waals surface area contributed by atoms with Crippen molar-refractivity contribution in [2.75, 3.05) is 6.61 Å². The first-order chi connectivity index (χ1) is 10.4. The minimum absolute atomic E-state index is 0.00739. The van der Waals surface area contributed by atoms with Gasteiger partial charge in [0.15, 0.2) is 18.8 Å². The van der Waals surface area contributed by atoms with Crippen molar-refractivity contribution in [1.29, 1.82) is 0 Å². The Morgan fingerprint density at radius 3 is 2.64 bits per heavy atom. The highest BCUT2D eigenvalue weighted by atomic mass is 16.7. The average molecular weight is 310 g/mol. The molecule has 0 spiro atoms. The molecule has 0 aromatic carbocycles. The molecule has 22 heavy (non-hydrogen) atoms. The van der Waals surface area contributed by atoms with Crippen LogP contribution in [0.15, 0.2) is 12.2 Å². The van der Waals surface area contributed by atoms with Crippen LogP contribution >= 0.6 is 0 Å². The predicted molar refractivity (Wildman–Crippen MR) is 71.5 cm³/mol. The Hall–Kier alpha value is -1.89. The molecule has 3 fully saturated rings. The van der Waals surface area contributed by atoms with Gasteiger partial charge in [-0.2, -0.15) is 0 Å². The van der Waals surface area contributed by atoms with E-state index in [0.29, 0.717) is 0 Å². The summed E-state index contributed by atoms with van der Waals surface area (Å²) in [5, 5.41) is 0. The van der Waals surface area contributed by atoms with Crippen LogP contribution < -0.4 is 0 Å². The van der Waals surface area contributed by atoms with Crippen molar-refractivity contribution in [3.05, 3.63) is 12.2 Å². The summed E-state index contributed by atoms with van der Waals surface area (Å²) in [7, 11) is 0. The zero-order valence-electron chi connectivity index (χ0n) is 12.4. The van der Waals surface area contributed by atoms with E-state index in [1.54, 1.807) is 0 Å². The Kier molecular flexibility index (Phi) is 3.68. The minimum Gasteiger partial charge on any atom is -0.455 e. The second kappa shape index (κ2) is 5.39. The number of carbonyl (C=O) groups is 3. The molecule has 7 nitrogen and oxygen atoms in total. The first-order valence-electron chi connectivity index (χ1n) is 7.32. The molecule has 3 rings (SSSR count). The molecule has 3 aliphatic rings. The van der Waals surface area contributed by atoms with Crippen molar-refractivity contribution >= 4 is 17.9 Å². The molecule has 6 atom stereocenters. The summed E-state index contributed by atoms with van der Waals surface area (Å²) in [5.41, 5.74) is 0.203. The number of hydrogen-bond donors (Lipinski definition) is 0. The second-order valence-corrected chi connectivity index (χ2v) is 5.88. The van der Waals surface area contributed by atoms with Gasteiger partial charge in [-0.3, -0.25) is 4.79 Å². The molecule has 3 heterocycles. The van der Waals surface area contributed by atoms with Gasteiger partial charge < -0.3 is 18.9 Å². The molecule has 7 heteroatoms. The molecule has 0 aromatic heterocycles. The average Bonchev–Trinajstić information content (AvgIpc) is 3.07. The standard InChI is InChI=1S/C15H18O7/c1-4-7-9-11-13(22-15(9)18)12(10(7)21-11)20-8(16)5-19-14(17)6(2)3/h7,9-13H,2,4-5H2,1,3H3. The maximum Gasteiger partial charge on any atom is 0.344 e. The summed E-state index contributed by atoms with van der Waals surface area (Å²) in [6, 6.07) is 0. The maximum atomic E-state index is 11.9. The van der Waals surface area contributed by atoms with Crippen LogP contribution in [-0.2, 0) is 33.3 Å². The largest absolute Gasteiger partial charge is 0.455 e. The molecular formula is C15H18O7. The predicted octanol–water partition coefficient (Wildman–Crippen LogP) is 0.366. The fraction of sp³-hybridized carbons (Fsp3) is 0.667. The molecule has 0 amide bonds. The molecule has 0 aliphatic carbocycles. The highest BCUT2D eigenvalue weighted by Gasteiger charge is 2.69. The van der Waals surface area contributed by atoms with Gasteiger partial charge in [-0.25, -0.2) is 9.59 Å². The smallest absolute Gasteiger partial charge is 0.344 e. The molecular weight excluding hydrogens is 292 g/mol. The van der Waals surface area contributed by atoms with Crippen LogP contribution in [0.2, 0.25) is 0 Å². The number of carbonyl (C=O) groups excluding carboxylic acids is 3. The van der Waals surface area contributed by atoms with Crippen molar-refractivity contribution < 1.29 is 33.3 Å². The van der Waals surface area contributed by atoms with Crippen molar-refractivity contribution in [2.24, 2.45) is 11.8 Å². The summed E-state index contributed by atoms with van der Waals surface area (Å²) < 4.78 is 21.1. The molecule has 120 valence electrons. The summed E-state index contributed by atoms with van der Waals surface area (Å²) in [5.74, 6) is -1.88. The Morgan fingerprint density at radius 1 is 1.27 bits per heavy atom. The molecule has 3 saturated heterocycles. The minimum atomic E-state index is -0.690. The van der Waals surface area contributed by atoms with E-state index in [9.17, 15) is 14.4 Å². The van der Waals surface area contributed by atoms with Crippen LogP contribution in [-0.4, -0.2) is 48.9 Å². The van der Waals surface area contributed by atoms with Crippen LogP contribution in [0.5, 0.6) is 0 Å². The summed E-state index contributed by atoms with van der Waals surface area (Å²) >= 11 is 0. The van der Waals surface area contributed by atoms with Crippen molar-refractivity contribution in [3.63, 3.8) is 0 Å². The number of fused-ring (bicyclic) bond motifs is 1. The van der Waals surface area contributed by atoms with Crippen LogP contribution in [0.1, 0.15) is 20.3 Å². The molecule has 0 radical (unpaired) electrons. The number of hydrogen-bond acceptors (Lipinski definition) is 7. The topological polar surface area (TPSA) is 88.1 Å². The van der Waals surface area contributed by atoms with Gasteiger partial charge in [0.2, 0.25) is 0 Å². The van der Waals surface area contributed by atoms with E-state index in [2.05, 4.69) is 6.58 Å². The number of ether oxygens (including phenoxy) is 4. The van der Waals surface area contributed by atoms with Crippen LogP contribution in [0.3, 0.4) is 0 Å². The van der Waals surface area contributed by atoms with Crippen LogP contribution in [0.4, 0.5) is 0 Å². The third kappa shape index (κ3) is 2.20. The van der Waals surface area contributed by atoms with Gasteiger partial charge in [0.1, 0.15) is 12.2 Å². The summed E-state index contributed by atoms with van der Waals surface area (Å²) in [6.07, 6.45) is -1.11. The highest BCUT2D eigenvalue weighted by Crippen LogP contribution is 2.51. The SMILES string of the molecule is C=C(C)C(=O)OCC(=O)OC1C2OC3C1OC(=O)C3C2CC. The zero-order chi connectivity index (χ0) is 16.0. The second-order valence-electron chi connectivity index (χ2n) is 5.88. The van der Waals surface area contributed by atoms with Gasteiger partial charge >= 0.3 is 17.9 Å². The van der Waals surface area contributed by atoms with Crippen molar-refractivity contribution in [1.82, 2.24) is 0 Å². The fourth-order valence-electron chi connectivity index (χ4n) is 3.50. The number of rotatable bonds is 5. The van der Waals surface area contributed by atoms with Gasteiger partial charge in [0.05, 0.1) is 5.92 Å². The zero-order valence-corrected chi connectivity index (χ0v) is 12.4. The third-order valence-corrected chi connectivity index (χ3v) is 4.46. The maximum absolute atomic E-state index is 11.9. The summed E-state index contributed by atoms with van der Waals surface area (Å²) in [6.45, 7) is 6.37. The lowest BCUT2D eigenvalue weighted by molar-refractivity contribution is -0.168. The first-order valence-corrected chi connectivity index (χ1v) is 7.32. The lowest BCUT2D eigenvalue weighted by atomic mass is 9.77. The quantitative estimate of drug-likeness (QED) is 0.412. The molecule has 0 N–H and O–H groups in total. The Labute approximate surface area is 127 Å². The highest BCUT2D eigenvalue weighted by molar-refractivity contribution is 5.88. The lowest BCUT2D eigenvalue weighted by Gasteiger charge is -2.27. The molecule has 2 bridgehead atoms. The van der Waals surface area contributed by atoms with E-state index in [1.165, 1.54) is 6.92 Å². The van der Waals surface area contributed by atoms with Gasteiger partial charge in [0.25, 0.3) is 0 Å². The van der Waals surface area contributed by atoms with Gasteiger partial charge in [-0.1, -0.05) is 13.5 Å². The molecule has 6 unspecified atom stereocenters. The molecule has 0 saturated carbocycles. The summed E-state index contributed by atoms with van der Waals surface area (Å²) in [4.78, 5) is 34.9. The van der Waals surface area contributed by atoms with E-state index >= 15 is 0 Å². The monoisotopic (exact) mass is 310 g/mol. The van der Waals surface area contributed by atoms with Crippen LogP contribution in [0, 0.1) is 11.8 Å². The van der Waals surface area contributed by atoms with Gasteiger partial charge in [-0.15, -0.1) is 0 Å². The molecule has 0 aromatic rings. The van der Waals surface area contributed by atoms with Crippen molar-refractivity contribution in [3.8, 4) is 0 Å². The van der Waals surface area contributed by atoms with Crippen molar-refractivity contribution in [2.45, 2.75) is 44.7 Å². The Bertz CT molecular complexity index is 540. The van der Waals surface area contributed by atoms with E-state index in [4.69, 9.17) is 18.9 Å². The van der Waals surface area contributed by atoms with E-state index in [0.717, 1.165) is 6.42 Å². The van der Waals surface area contributed by atoms with Crippen LogP contribution in [0.25, 0.3) is 0 Å². The van der Waals surface area contributed by atoms with Gasteiger partial charge in [0, 0.05) is 11.5 Å². The van der Waals surface area contributed by atoms with Gasteiger partial charge in [-0.05, 0) is 13.3 Å². The Balaban J connectivity index is 1.62. The van der Waals surface area contributed by atoms with E-state index in [1.807, 2.05) is 6.92 Å². The molecule has 3 aliphatic heterocycles. The first kappa shape index (κ1) is 15.0. The number of esters is 3. The fourth-order valence-corrected chi connectivity index (χ4v) is 3.50. The van der Waals surface area contributed by atoms with E-state index < -0.39 is 30.8 Å².